The summed E-state index contributed by atoms with van der Waals surface area (Å²) in [6.45, 7) is 10.2. The summed E-state index contributed by atoms with van der Waals surface area (Å²) in [7, 11) is 0. The van der Waals surface area contributed by atoms with Crippen LogP contribution in [0.15, 0.2) is 22.2 Å². The zero-order valence-electron chi connectivity index (χ0n) is 19.6. The lowest BCUT2D eigenvalue weighted by molar-refractivity contribution is 0.0973. The number of halogens is 1. The third-order valence-electron chi connectivity index (χ3n) is 6.62. The van der Waals surface area contributed by atoms with E-state index in [1.807, 2.05) is 26.8 Å². The van der Waals surface area contributed by atoms with E-state index in [0.717, 1.165) is 54.0 Å². The first-order valence-corrected chi connectivity index (χ1v) is 12.6. The number of nitrogens with zero attached hydrogens (tertiary/aromatic N) is 4. The molecule has 10 heteroatoms. The summed E-state index contributed by atoms with van der Waals surface area (Å²) in [6, 6.07) is 2.14. The van der Waals surface area contributed by atoms with Gasteiger partial charge < -0.3 is 25.8 Å². The molecule has 4 heterocycles. The van der Waals surface area contributed by atoms with Crippen LogP contribution < -0.4 is 16.0 Å². The number of hydrogen-bond donors (Lipinski definition) is 3. The minimum absolute atomic E-state index is 0. The molecule has 2 atom stereocenters. The lowest BCUT2D eigenvalue weighted by Gasteiger charge is -2.42. The number of pyridine rings is 1. The maximum atomic E-state index is 10.1. The van der Waals surface area contributed by atoms with Crippen LogP contribution in [0.4, 0.5) is 11.6 Å². The van der Waals surface area contributed by atoms with E-state index in [0.29, 0.717) is 16.5 Å². The van der Waals surface area contributed by atoms with E-state index >= 15 is 0 Å². The Morgan fingerprint density at radius 2 is 2.06 bits per heavy atom. The highest BCUT2D eigenvalue weighted by atomic mass is 35.5. The SMILES string of the molecule is C.Cc1nc(N2CCC3(CC2)CO[C@@H](C)[C@H]3N)c(CO)nc1Sc1ccnc(NC(C)C)c1Cl. The molecule has 2 aliphatic rings. The smallest absolute Gasteiger partial charge is 0.153 e. The summed E-state index contributed by atoms with van der Waals surface area (Å²) in [5, 5.41) is 14.6. The zero-order valence-corrected chi connectivity index (χ0v) is 21.2. The molecule has 188 valence electrons. The highest BCUT2D eigenvalue weighted by Gasteiger charge is 2.47. The molecule has 0 saturated carbocycles. The normalized spacial score (nSPS) is 21.7. The first-order valence-electron chi connectivity index (χ1n) is 11.4. The lowest BCUT2D eigenvalue weighted by Crippen LogP contribution is -2.51. The summed E-state index contributed by atoms with van der Waals surface area (Å²) >= 11 is 8.03. The van der Waals surface area contributed by atoms with Crippen molar-refractivity contribution in [3.63, 3.8) is 0 Å². The van der Waals surface area contributed by atoms with E-state index in [2.05, 4.69) is 22.1 Å². The molecule has 1 spiro atoms. The van der Waals surface area contributed by atoms with Gasteiger partial charge in [0.1, 0.15) is 16.5 Å². The maximum absolute atomic E-state index is 10.1. The van der Waals surface area contributed by atoms with Gasteiger partial charge in [0, 0.05) is 41.7 Å². The first-order chi connectivity index (χ1) is 15.7. The summed E-state index contributed by atoms with van der Waals surface area (Å²) in [6.07, 6.45) is 3.71. The number of aryl methyl sites for hydroxylation is 1. The van der Waals surface area contributed by atoms with Crippen LogP contribution in [0.5, 0.6) is 0 Å². The van der Waals surface area contributed by atoms with Crippen molar-refractivity contribution in [3.8, 4) is 0 Å². The largest absolute Gasteiger partial charge is 0.390 e. The molecule has 0 radical (unpaired) electrons. The highest BCUT2D eigenvalue weighted by Crippen LogP contribution is 2.43. The van der Waals surface area contributed by atoms with E-state index in [1.54, 1.807) is 6.20 Å². The average Bonchev–Trinajstić information content (AvgIpc) is 3.06. The summed E-state index contributed by atoms with van der Waals surface area (Å²) in [4.78, 5) is 17.0. The van der Waals surface area contributed by atoms with Crippen molar-refractivity contribution in [1.29, 1.82) is 0 Å². The molecule has 2 aliphatic heterocycles. The molecular weight excluding hydrogens is 472 g/mol. The molecule has 0 bridgehead atoms. The molecule has 2 saturated heterocycles. The Hall–Kier alpha value is -1.65. The average molecular weight is 509 g/mol. The van der Waals surface area contributed by atoms with Crippen LogP contribution in [-0.4, -0.2) is 57.9 Å². The number of hydrogen-bond acceptors (Lipinski definition) is 9. The Balaban J connectivity index is 0.00000324. The predicted molar refractivity (Wildman–Crippen MR) is 139 cm³/mol. The van der Waals surface area contributed by atoms with Crippen LogP contribution in [0, 0.1) is 12.3 Å². The molecule has 0 unspecified atom stereocenters. The Bertz CT molecular complexity index is 1000. The lowest BCUT2D eigenvalue weighted by atomic mass is 9.73. The van der Waals surface area contributed by atoms with Crippen LogP contribution in [0.3, 0.4) is 0 Å². The fourth-order valence-corrected chi connectivity index (χ4v) is 5.76. The second-order valence-corrected chi connectivity index (χ2v) is 10.7. The molecule has 2 fully saturated rings. The van der Waals surface area contributed by atoms with Gasteiger partial charge in [-0.15, -0.1) is 0 Å². The number of nitrogens with one attached hydrogen (secondary N) is 1. The van der Waals surface area contributed by atoms with Crippen molar-refractivity contribution in [3.05, 3.63) is 28.7 Å². The van der Waals surface area contributed by atoms with E-state index in [1.165, 1.54) is 11.8 Å². The Kier molecular flexibility index (Phi) is 8.68. The molecule has 4 N–H and O–H groups in total. The summed E-state index contributed by atoms with van der Waals surface area (Å²) in [5.74, 6) is 1.39. The van der Waals surface area contributed by atoms with Gasteiger partial charge in [0.2, 0.25) is 0 Å². The van der Waals surface area contributed by atoms with Gasteiger partial charge in [0.25, 0.3) is 0 Å². The quantitative estimate of drug-likeness (QED) is 0.527. The standard InChI is InChI=1S/C23H33ClN6O2S.CH4/c1-13(2)27-20-18(24)17(5-8-26-20)33-22-14(3)28-21(16(11-31)29-22)30-9-6-23(7-10-30)12-32-15(4)19(23)25;/h5,8,13,15,19,31H,6-7,9-12,25H2,1-4H3,(H,26,27);1H4/t15-,19+;/m0./s1. The minimum atomic E-state index is -0.179. The Morgan fingerprint density at radius 3 is 2.65 bits per heavy atom. The van der Waals surface area contributed by atoms with E-state index in [4.69, 9.17) is 32.0 Å². The van der Waals surface area contributed by atoms with Gasteiger partial charge in [-0.2, -0.15) is 0 Å². The number of piperidine rings is 1. The summed E-state index contributed by atoms with van der Waals surface area (Å²) < 4.78 is 5.84. The number of aliphatic hydroxyl groups excluding tert-OH is 1. The molecule has 2 aromatic heterocycles. The van der Waals surface area contributed by atoms with Gasteiger partial charge >= 0.3 is 0 Å². The molecule has 0 aliphatic carbocycles. The van der Waals surface area contributed by atoms with Crippen LogP contribution in [0.1, 0.15) is 52.4 Å². The molecule has 2 aromatic rings. The number of aliphatic hydroxyl groups is 1. The van der Waals surface area contributed by atoms with Gasteiger partial charge in [0.05, 0.1) is 30.0 Å². The predicted octanol–water partition coefficient (Wildman–Crippen LogP) is 4.27. The van der Waals surface area contributed by atoms with Crippen molar-refractivity contribution in [1.82, 2.24) is 15.0 Å². The van der Waals surface area contributed by atoms with Gasteiger partial charge in [-0.05, 0) is 46.6 Å². The van der Waals surface area contributed by atoms with Gasteiger partial charge in [-0.1, -0.05) is 30.8 Å². The van der Waals surface area contributed by atoms with E-state index < -0.39 is 0 Å². The monoisotopic (exact) mass is 508 g/mol. The highest BCUT2D eigenvalue weighted by molar-refractivity contribution is 7.99. The number of rotatable bonds is 6. The number of aromatic nitrogens is 3. The Morgan fingerprint density at radius 1 is 1.35 bits per heavy atom. The van der Waals surface area contributed by atoms with Crippen molar-refractivity contribution < 1.29 is 9.84 Å². The number of ether oxygens (including phenoxy) is 1. The fraction of sp³-hybridized carbons (Fsp3) is 0.625. The first kappa shape index (κ1) is 26.9. The van der Waals surface area contributed by atoms with Gasteiger partial charge in [0.15, 0.2) is 5.82 Å². The zero-order chi connectivity index (χ0) is 23.8. The van der Waals surface area contributed by atoms with Crippen LogP contribution in [-0.2, 0) is 11.3 Å². The summed E-state index contributed by atoms with van der Waals surface area (Å²) in [5.41, 5.74) is 7.87. The van der Waals surface area contributed by atoms with Gasteiger partial charge in [-0.25, -0.2) is 15.0 Å². The minimum Gasteiger partial charge on any atom is -0.390 e. The molecule has 0 aromatic carbocycles. The van der Waals surface area contributed by atoms with Gasteiger partial charge in [-0.3, -0.25) is 0 Å². The van der Waals surface area contributed by atoms with Crippen molar-refractivity contribution in [2.24, 2.45) is 11.1 Å². The van der Waals surface area contributed by atoms with Crippen molar-refractivity contribution >= 4 is 35.0 Å². The van der Waals surface area contributed by atoms with Crippen molar-refractivity contribution in [2.75, 3.05) is 29.9 Å². The molecule has 0 amide bonds. The molecule has 8 nitrogen and oxygen atoms in total. The van der Waals surface area contributed by atoms with Crippen LogP contribution in [0.2, 0.25) is 5.02 Å². The molecule has 34 heavy (non-hydrogen) atoms. The number of nitrogens with two attached hydrogens (primary N) is 1. The van der Waals surface area contributed by atoms with E-state index in [9.17, 15) is 5.11 Å². The molecule has 4 rings (SSSR count). The Labute approximate surface area is 212 Å². The van der Waals surface area contributed by atoms with Crippen molar-refractivity contribution in [2.45, 2.75) is 82.7 Å². The fourth-order valence-electron chi connectivity index (χ4n) is 4.60. The van der Waals surface area contributed by atoms with Crippen LogP contribution in [0.25, 0.3) is 0 Å². The second-order valence-electron chi connectivity index (χ2n) is 9.31. The van der Waals surface area contributed by atoms with E-state index in [-0.39, 0.29) is 37.6 Å². The number of anilines is 2. The second kappa shape index (κ2) is 11.0. The molecular formula is C24H37ClN6O2S. The third-order valence-corrected chi connectivity index (χ3v) is 8.25. The third kappa shape index (κ3) is 5.28. The maximum Gasteiger partial charge on any atom is 0.153 e. The topological polar surface area (TPSA) is 109 Å². The van der Waals surface area contributed by atoms with Crippen LogP contribution >= 0.6 is 23.4 Å².